The van der Waals surface area contributed by atoms with E-state index in [1.54, 1.807) is 4.90 Å². The highest BCUT2D eigenvalue weighted by Crippen LogP contribution is 2.14. The highest BCUT2D eigenvalue weighted by atomic mass is 16.3. The Morgan fingerprint density at radius 2 is 2.00 bits per heavy atom. The maximum atomic E-state index is 12.3. The molecule has 0 aliphatic rings. The maximum Gasteiger partial charge on any atom is 0.254 e. The van der Waals surface area contributed by atoms with Gasteiger partial charge in [0.15, 0.2) is 0 Å². The molecule has 1 rings (SSSR count). The van der Waals surface area contributed by atoms with E-state index < -0.39 is 6.10 Å². The summed E-state index contributed by atoms with van der Waals surface area (Å²) < 4.78 is 0. The summed E-state index contributed by atoms with van der Waals surface area (Å²) in [5.41, 5.74) is 1.53. The molecular formula is C15H21NO2. The van der Waals surface area contributed by atoms with E-state index in [0.717, 1.165) is 5.56 Å². The lowest BCUT2D eigenvalue weighted by Gasteiger charge is -2.20. The van der Waals surface area contributed by atoms with Crippen LogP contribution < -0.4 is 0 Å². The third-order valence-corrected chi connectivity index (χ3v) is 3.00. The molecule has 1 N–H and O–H groups in total. The van der Waals surface area contributed by atoms with Crippen LogP contribution in [-0.4, -0.2) is 35.1 Å². The van der Waals surface area contributed by atoms with Gasteiger partial charge in [-0.3, -0.25) is 4.79 Å². The second kappa shape index (κ2) is 6.97. The highest BCUT2D eigenvalue weighted by Gasteiger charge is 2.16. The topological polar surface area (TPSA) is 40.5 Å². The predicted molar refractivity (Wildman–Crippen MR) is 73.6 cm³/mol. The number of benzene rings is 1. The maximum absolute atomic E-state index is 12.3. The number of nitrogens with zero attached hydrogens (tertiary/aromatic N) is 1. The van der Waals surface area contributed by atoms with Crippen LogP contribution >= 0.6 is 0 Å². The lowest BCUT2D eigenvalue weighted by atomic mass is 10.0. The molecular weight excluding hydrogens is 226 g/mol. The number of carbonyl (C=O) groups excluding carboxylic acids is 1. The number of carbonyl (C=O) groups is 1. The molecule has 1 atom stereocenters. The lowest BCUT2D eigenvalue weighted by Crippen LogP contribution is -2.31. The molecule has 3 nitrogen and oxygen atoms in total. The van der Waals surface area contributed by atoms with Crippen molar-refractivity contribution in [1.82, 2.24) is 4.90 Å². The van der Waals surface area contributed by atoms with Gasteiger partial charge in [0.1, 0.15) is 0 Å². The first-order valence-corrected chi connectivity index (χ1v) is 6.31. The van der Waals surface area contributed by atoms with Crippen molar-refractivity contribution < 1.29 is 9.90 Å². The van der Waals surface area contributed by atoms with Gasteiger partial charge >= 0.3 is 0 Å². The number of aliphatic hydroxyl groups excluding tert-OH is 1. The molecule has 1 unspecified atom stereocenters. The van der Waals surface area contributed by atoms with Crippen LogP contribution in [0.3, 0.4) is 0 Å². The van der Waals surface area contributed by atoms with Crippen molar-refractivity contribution in [2.45, 2.75) is 26.4 Å². The zero-order valence-electron chi connectivity index (χ0n) is 11.1. The molecule has 1 aromatic rings. The van der Waals surface area contributed by atoms with Gasteiger partial charge in [-0.1, -0.05) is 24.3 Å². The fraction of sp³-hybridized carbons (Fsp3) is 0.400. The Balaban J connectivity index is 3.00. The number of amides is 1. The van der Waals surface area contributed by atoms with Crippen LogP contribution in [0.25, 0.3) is 0 Å². The molecule has 18 heavy (non-hydrogen) atoms. The van der Waals surface area contributed by atoms with E-state index in [-0.39, 0.29) is 5.91 Å². The van der Waals surface area contributed by atoms with E-state index in [2.05, 4.69) is 6.58 Å². The fourth-order valence-electron chi connectivity index (χ4n) is 1.90. The van der Waals surface area contributed by atoms with Crippen molar-refractivity contribution in [2.24, 2.45) is 0 Å². The Bertz CT molecular complexity index is 411. The Morgan fingerprint density at radius 1 is 1.39 bits per heavy atom. The Hall–Kier alpha value is -1.61. The third kappa shape index (κ3) is 3.44. The molecule has 0 aromatic heterocycles. The van der Waals surface area contributed by atoms with Gasteiger partial charge in [0.05, 0.1) is 6.10 Å². The summed E-state index contributed by atoms with van der Waals surface area (Å²) in [5.74, 6) is 0.0202. The average molecular weight is 247 g/mol. The minimum absolute atomic E-state index is 0.0202. The van der Waals surface area contributed by atoms with Gasteiger partial charge in [0.25, 0.3) is 5.91 Å². The summed E-state index contributed by atoms with van der Waals surface area (Å²) in [5, 5.41) is 9.63. The molecule has 0 fully saturated rings. The van der Waals surface area contributed by atoms with E-state index in [1.807, 2.05) is 38.1 Å². The molecule has 0 aliphatic carbocycles. The number of rotatable bonds is 6. The number of aliphatic hydroxyl groups is 1. The zero-order valence-corrected chi connectivity index (χ0v) is 11.1. The summed E-state index contributed by atoms with van der Waals surface area (Å²) >= 11 is 0. The van der Waals surface area contributed by atoms with E-state index in [0.29, 0.717) is 25.1 Å². The molecule has 0 heterocycles. The van der Waals surface area contributed by atoms with Crippen LogP contribution in [0.1, 0.15) is 29.8 Å². The minimum atomic E-state index is -0.615. The average Bonchev–Trinajstić information content (AvgIpc) is 2.40. The van der Waals surface area contributed by atoms with E-state index in [4.69, 9.17) is 0 Å². The smallest absolute Gasteiger partial charge is 0.254 e. The van der Waals surface area contributed by atoms with E-state index >= 15 is 0 Å². The van der Waals surface area contributed by atoms with Crippen molar-refractivity contribution in [3.63, 3.8) is 0 Å². The molecule has 98 valence electrons. The fourth-order valence-corrected chi connectivity index (χ4v) is 1.90. The van der Waals surface area contributed by atoms with Crippen molar-refractivity contribution in [3.8, 4) is 0 Å². The first kappa shape index (κ1) is 14.5. The molecule has 0 radical (unpaired) electrons. The first-order valence-electron chi connectivity index (χ1n) is 6.31. The monoisotopic (exact) mass is 247 g/mol. The first-order chi connectivity index (χ1) is 8.63. The van der Waals surface area contributed by atoms with Crippen LogP contribution in [0.2, 0.25) is 0 Å². The third-order valence-electron chi connectivity index (χ3n) is 3.00. The summed E-state index contributed by atoms with van der Waals surface area (Å²) in [4.78, 5) is 14.1. The zero-order chi connectivity index (χ0) is 13.5. The van der Waals surface area contributed by atoms with Gasteiger partial charge in [0, 0.05) is 25.1 Å². The van der Waals surface area contributed by atoms with Gasteiger partial charge in [-0.2, -0.15) is 0 Å². The lowest BCUT2D eigenvalue weighted by molar-refractivity contribution is 0.0771. The van der Waals surface area contributed by atoms with Gasteiger partial charge in [0.2, 0.25) is 0 Å². The van der Waals surface area contributed by atoms with Crippen LogP contribution in [0.4, 0.5) is 0 Å². The number of hydrogen-bond donors (Lipinski definition) is 1. The SMILES string of the molecule is C=CC(O)Cc1ccccc1C(=O)N(CC)CC. The van der Waals surface area contributed by atoms with Crippen LogP contribution in [0, 0.1) is 0 Å². The molecule has 0 saturated heterocycles. The second-order valence-corrected chi connectivity index (χ2v) is 4.14. The quantitative estimate of drug-likeness (QED) is 0.783. The van der Waals surface area contributed by atoms with Crippen LogP contribution in [0.15, 0.2) is 36.9 Å². The van der Waals surface area contributed by atoms with Gasteiger partial charge in [-0.15, -0.1) is 6.58 Å². The van der Waals surface area contributed by atoms with Crippen molar-refractivity contribution >= 4 is 5.91 Å². The van der Waals surface area contributed by atoms with Gasteiger partial charge in [-0.05, 0) is 25.5 Å². The molecule has 0 aliphatic heterocycles. The molecule has 0 spiro atoms. The second-order valence-electron chi connectivity index (χ2n) is 4.14. The molecule has 1 amide bonds. The summed E-state index contributed by atoms with van der Waals surface area (Å²) in [7, 11) is 0. The van der Waals surface area contributed by atoms with Gasteiger partial charge in [-0.25, -0.2) is 0 Å². The Labute approximate surface area is 109 Å². The molecule has 3 heteroatoms. The molecule has 0 bridgehead atoms. The van der Waals surface area contributed by atoms with E-state index in [9.17, 15) is 9.90 Å². The van der Waals surface area contributed by atoms with E-state index in [1.165, 1.54) is 6.08 Å². The van der Waals surface area contributed by atoms with Crippen molar-refractivity contribution in [3.05, 3.63) is 48.0 Å². The summed E-state index contributed by atoms with van der Waals surface area (Å²) in [6.45, 7) is 8.85. The van der Waals surface area contributed by atoms with Crippen LogP contribution in [-0.2, 0) is 6.42 Å². The number of hydrogen-bond acceptors (Lipinski definition) is 2. The van der Waals surface area contributed by atoms with Crippen molar-refractivity contribution in [2.75, 3.05) is 13.1 Å². The predicted octanol–water partition coefficient (Wildman–Crippen LogP) is 2.26. The molecule has 0 saturated carbocycles. The Morgan fingerprint density at radius 3 is 2.56 bits per heavy atom. The normalized spacial score (nSPS) is 11.9. The summed E-state index contributed by atoms with van der Waals surface area (Å²) in [6.07, 6.45) is 1.29. The Kier molecular flexibility index (Phi) is 5.59. The minimum Gasteiger partial charge on any atom is -0.389 e. The van der Waals surface area contributed by atoms with Gasteiger partial charge < -0.3 is 10.0 Å². The highest BCUT2D eigenvalue weighted by molar-refractivity contribution is 5.95. The van der Waals surface area contributed by atoms with Crippen LogP contribution in [0.5, 0.6) is 0 Å². The summed E-state index contributed by atoms with van der Waals surface area (Å²) in [6, 6.07) is 7.42. The standard InChI is InChI=1S/C15H21NO2/c1-4-13(17)11-12-9-7-8-10-14(12)15(18)16(5-2)6-3/h4,7-10,13,17H,1,5-6,11H2,2-3H3. The molecule has 1 aromatic carbocycles. The van der Waals surface area contributed by atoms with Crippen molar-refractivity contribution in [1.29, 1.82) is 0 Å². The largest absolute Gasteiger partial charge is 0.389 e.